The molecule has 11 heteroatoms. The van der Waals surface area contributed by atoms with Crippen LogP contribution in [-0.2, 0) is 5.41 Å². The van der Waals surface area contributed by atoms with Crippen LogP contribution in [0, 0.1) is 0 Å². The van der Waals surface area contributed by atoms with Crippen molar-refractivity contribution in [2.24, 2.45) is 0 Å². The van der Waals surface area contributed by atoms with Gasteiger partial charge in [0.25, 0.3) is 0 Å². The zero-order valence-electron chi connectivity index (χ0n) is 25.0. The molecule has 2 N–H and O–H groups in total. The fourth-order valence-corrected chi connectivity index (χ4v) is 5.20. The summed E-state index contributed by atoms with van der Waals surface area (Å²) < 4.78 is 8.48. The summed E-state index contributed by atoms with van der Waals surface area (Å²) in [6.07, 6.45) is 3.15. The predicted molar refractivity (Wildman–Crippen MR) is 161 cm³/mol. The van der Waals surface area contributed by atoms with Gasteiger partial charge in [0.05, 0.1) is 17.9 Å². The normalized spacial score (nSPS) is 16.5. The monoisotopic (exact) mass is 570 g/mol. The highest BCUT2D eigenvalue weighted by atomic mass is 16.5. The first-order chi connectivity index (χ1) is 20.1. The summed E-state index contributed by atoms with van der Waals surface area (Å²) in [5, 5.41) is 14.6. The Kier molecular flexibility index (Phi) is 8.11. The molecule has 1 aromatic carbocycles. The molecule has 0 bridgehead atoms. The van der Waals surface area contributed by atoms with Crippen molar-refractivity contribution >= 4 is 29.2 Å². The summed E-state index contributed by atoms with van der Waals surface area (Å²) in [6.45, 7) is 13.2. The highest BCUT2D eigenvalue weighted by molar-refractivity contribution is 5.92. The van der Waals surface area contributed by atoms with E-state index in [9.17, 15) is 9.59 Å². The van der Waals surface area contributed by atoms with Crippen LogP contribution in [0.1, 0.15) is 94.0 Å². The number of ketones is 1. The third-order valence-electron chi connectivity index (χ3n) is 7.47. The Hall–Kier alpha value is -4.54. The second kappa shape index (κ2) is 11.8. The number of nitrogens with zero attached hydrogens (tertiary/aromatic N) is 6. The van der Waals surface area contributed by atoms with Gasteiger partial charge in [-0.2, -0.15) is 0 Å². The summed E-state index contributed by atoms with van der Waals surface area (Å²) in [7, 11) is 0. The van der Waals surface area contributed by atoms with Gasteiger partial charge < -0.3 is 15.0 Å². The zero-order valence-corrected chi connectivity index (χ0v) is 25.0. The van der Waals surface area contributed by atoms with E-state index in [2.05, 4.69) is 49.5 Å². The fraction of sp³-hybridized carbons (Fsp3) is 0.419. The Bertz CT molecular complexity index is 1610. The molecule has 0 radical (unpaired) electrons. The number of ether oxygens (including phenoxy) is 1. The largest absolute Gasteiger partial charge is 0.484 e. The van der Waals surface area contributed by atoms with Crippen LogP contribution >= 0.6 is 0 Å². The number of fused-ring (bicyclic) bond motifs is 2. The number of nitrogens with one attached hydrogen (secondary N) is 2. The van der Waals surface area contributed by atoms with Gasteiger partial charge in [0.15, 0.2) is 17.3 Å². The number of urea groups is 1. The number of Topliss-reactive ketones (excluding diaryl/α,β-unsaturated/α-hetero) is 1. The van der Waals surface area contributed by atoms with Crippen molar-refractivity contribution in [1.82, 2.24) is 29.9 Å². The first-order valence-corrected chi connectivity index (χ1v) is 14.4. The molecule has 4 aromatic rings. The number of rotatable bonds is 8. The van der Waals surface area contributed by atoms with Crippen LogP contribution in [0.5, 0.6) is 5.75 Å². The van der Waals surface area contributed by atoms with Crippen LogP contribution < -0.4 is 20.3 Å². The maximum absolute atomic E-state index is 13.1. The zero-order chi connectivity index (χ0) is 30.0. The molecule has 11 nitrogen and oxygen atoms in total. The van der Waals surface area contributed by atoms with E-state index >= 15 is 0 Å². The van der Waals surface area contributed by atoms with Crippen molar-refractivity contribution in [3.8, 4) is 5.75 Å². The Morgan fingerprint density at radius 1 is 1.02 bits per heavy atom. The van der Waals surface area contributed by atoms with E-state index < -0.39 is 6.03 Å². The smallest absolute Gasteiger partial charge is 0.320 e. The van der Waals surface area contributed by atoms with Gasteiger partial charge in [-0.15, -0.1) is 10.2 Å². The van der Waals surface area contributed by atoms with E-state index in [0.29, 0.717) is 18.5 Å². The van der Waals surface area contributed by atoms with Crippen LogP contribution in [0.25, 0.3) is 5.65 Å². The minimum absolute atomic E-state index is 0.0783. The van der Waals surface area contributed by atoms with Gasteiger partial charge in [0, 0.05) is 31.5 Å². The minimum Gasteiger partial charge on any atom is -0.484 e. The molecule has 2 atom stereocenters. The third kappa shape index (κ3) is 6.05. The van der Waals surface area contributed by atoms with E-state index in [4.69, 9.17) is 4.74 Å². The molecule has 0 spiro atoms. The molecular weight excluding hydrogens is 532 g/mol. The average Bonchev–Trinajstić information content (AvgIpc) is 3.37. The van der Waals surface area contributed by atoms with Crippen molar-refractivity contribution in [2.75, 3.05) is 23.3 Å². The standard InChI is InChI=1S/C31H38N8O3/c1-7-38(8-2)30-37-36-27-16-13-20(18-39(27)30)42-24-15-14-23(21-11-9-10-12-22(21)24)32-29(41)35-26-17-25(31(4,5)6)33-28(34-26)19(3)40/h9-13,16-18,23-24H,7-8,14-15H2,1-6H3,(H2,32,33,34,35,41)/t23-,24+/m0/s1. The number of anilines is 2. The SMILES string of the molecule is CCN(CC)c1nnc2ccc(O[C@@H]3CC[C@H](NC(=O)Nc4cc(C(C)(C)C)nc(C(C)=O)n4)c4ccccc43)cn12. The molecule has 3 aromatic heterocycles. The first-order valence-electron chi connectivity index (χ1n) is 14.4. The molecule has 2 amide bonds. The Morgan fingerprint density at radius 2 is 1.76 bits per heavy atom. The molecule has 0 saturated heterocycles. The number of hydrogen-bond donors (Lipinski definition) is 2. The molecule has 1 aliphatic carbocycles. The van der Waals surface area contributed by atoms with E-state index in [-0.39, 0.29) is 35.0 Å². The van der Waals surface area contributed by atoms with Crippen LogP contribution in [0.15, 0.2) is 48.7 Å². The topological polar surface area (TPSA) is 127 Å². The van der Waals surface area contributed by atoms with Crippen LogP contribution in [-0.4, -0.2) is 49.5 Å². The number of carbonyl (C=O) groups is 2. The van der Waals surface area contributed by atoms with Crippen molar-refractivity contribution < 1.29 is 14.3 Å². The number of benzene rings is 1. The maximum atomic E-state index is 13.1. The minimum atomic E-state index is -0.399. The van der Waals surface area contributed by atoms with E-state index in [1.165, 1.54) is 6.92 Å². The second-order valence-electron chi connectivity index (χ2n) is 11.5. The van der Waals surface area contributed by atoms with Gasteiger partial charge in [-0.3, -0.25) is 14.5 Å². The molecule has 0 aliphatic heterocycles. The first kappa shape index (κ1) is 29.0. The number of amides is 2. The van der Waals surface area contributed by atoms with Crippen LogP contribution in [0.2, 0.25) is 0 Å². The summed E-state index contributed by atoms with van der Waals surface area (Å²) in [4.78, 5) is 35.9. The highest BCUT2D eigenvalue weighted by Gasteiger charge is 2.30. The molecule has 42 heavy (non-hydrogen) atoms. The lowest BCUT2D eigenvalue weighted by molar-refractivity contribution is 0.100. The number of pyridine rings is 1. The lowest BCUT2D eigenvalue weighted by Crippen LogP contribution is -2.36. The van der Waals surface area contributed by atoms with Crippen LogP contribution in [0.3, 0.4) is 0 Å². The van der Waals surface area contributed by atoms with Gasteiger partial charge in [-0.25, -0.2) is 14.8 Å². The van der Waals surface area contributed by atoms with Gasteiger partial charge in [0.2, 0.25) is 5.95 Å². The fourth-order valence-electron chi connectivity index (χ4n) is 5.20. The second-order valence-corrected chi connectivity index (χ2v) is 11.5. The molecular formula is C31H38N8O3. The van der Waals surface area contributed by atoms with Crippen molar-refractivity contribution in [2.45, 2.75) is 71.9 Å². The third-order valence-corrected chi connectivity index (χ3v) is 7.47. The van der Waals surface area contributed by atoms with Crippen molar-refractivity contribution in [3.63, 3.8) is 0 Å². The van der Waals surface area contributed by atoms with E-state index in [0.717, 1.165) is 41.6 Å². The lowest BCUT2D eigenvalue weighted by atomic mass is 9.85. The molecule has 0 fully saturated rings. The molecule has 0 saturated carbocycles. The average molecular weight is 571 g/mol. The highest BCUT2D eigenvalue weighted by Crippen LogP contribution is 2.39. The Morgan fingerprint density at radius 3 is 2.45 bits per heavy atom. The molecule has 3 heterocycles. The number of carbonyl (C=O) groups excluding carboxylic acids is 2. The lowest BCUT2D eigenvalue weighted by Gasteiger charge is -2.32. The summed E-state index contributed by atoms with van der Waals surface area (Å²) in [5.74, 6) is 1.61. The van der Waals surface area contributed by atoms with E-state index in [1.807, 2.05) is 67.8 Å². The van der Waals surface area contributed by atoms with E-state index in [1.54, 1.807) is 6.07 Å². The Balaban J connectivity index is 1.33. The van der Waals surface area contributed by atoms with Gasteiger partial charge >= 0.3 is 6.03 Å². The van der Waals surface area contributed by atoms with Gasteiger partial charge in [-0.1, -0.05) is 45.0 Å². The Labute approximate surface area is 245 Å². The van der Waals surface area contributed by atoms with Gasteiger partial charge in [0.1, 0.15) is 17.7 Å². The number of aromatic nitrogens is 5. The molecule has 220 valence electrons. The maximum Gasteiger partial charge on any atom is 0.320 e. The quantitative estimate of drug-likeness (QED) is 0.261. The van der Waals surface area contributed by atoms with Gasteiger partial charge in [-0.05, 0) is 49.9 Å². The molecule has 5 rings (SSSR count). The molecule has 0 unspecified atom stereocenters. The van der Waals surface area contributed by atoms with Crippen molar-refractivity contribution in [3.05, 3.63) is 71.3 Å². The number of hydrogen-bond acceptors (Lipinski definition) is 8. The van der Waals surface area contributed by atoms with Crippen LogP contribution in [0.4, 0.5) is 16.6 Å². The predicted octanol–water partition coefficient (Wildman–Crippen LogP) is 5.64. The van der Waals surface area contributed by atoms with Crippen molar-refractivity contribution in [1.29, 1.82) is 0 Å². The molecule has 1 aliphatic rings. The summed E-state index contributed by atoms with van der Waals surface area (Å²) in [5.41, 5.74) is 3.15. The summed E-state index contributed by atoms with van der Waals surface area (Å²) >= 11 is 0. The summed E-state index contributed by atoms with van der Waals surface area (Å²) in [6, 6.07) is 12.9.